The molecule has 6 heteroatoms. The lowest BCUT2D eigenvalue weighted by Crippen LogP contribution is -2.33. The summed E-state index contributed by atoms with van der Waals surface area (Å²) >= 11 is 0. The summed E-state index contributed by atoms with van der Waals surface area (Å²) in [6, 6.07) is 8.21. The Morgan fingerprint density at radius 1 is 1.10 bits per heavy atom. The Hall–Kier alpha value is -2.99. The second-order valence-electron chi connectivity index (χ2n) is 8.69. The molecule has 0 bridgehead atoms. The van der Waals surface area contributed by atoms with Crippen LogP contribution in [0.3, 0.4) is 0 Å². The Kier molecular flexibility index (Phi) is 5.10. The van der Waals surface area contributed by atoms with Crippen molar-refractivity contribution < 1.29 is 4.42 Å². The molecule has 0 atom stereocenters. The quantitative estimate of drug-likeness (QED) is 0.451. The lowest BCUT2D eigenvalue weighted by Gasteiger charge is -2.31. The van der Waals surface area contributed by atoms with Gasteiger partial charge in [0.15, 0.2) is 5.65 Å². The van der Waals surface area contributed by atoms with Crippen LogP contribution in [0, 0.1) is 13.8 Å². The molecule has 0 unspecified atom stereocenters. The second-order valence-corrected chi connectivity index (χ2v) is 8.69. The van der Waals surface area contributed by atoms with Gasteiger partial charge in [0.1, 0.15) is 5.58 Å². The lowest BCUT2D eigenvalue weighted by molar-refractivity contribution is 0.213. The molecule has 1 fully saturated rings. The van der Waals surface area contributed by atoms with Gasteiger partial charge >= 0.3 is 5.63 Å². The fraction of sp³-hybridized carbons (Fsp3) is 0.400. The molecule has 0 amide bonds. The highest BCUT2D eigenvalue weighted by molar-refractivity contribution is 5.82. The number of benzene rings is 1. The van der Waals surface area contributed by atoms with Crippen molar-refractivity contribution in [1.29, 1.82) is 0 Å². The van der Waals surface area contributed by atoms with E-state index in [2.05, 4.69) is 40.0 Å². The summed E-state index contributed by atoms with van der Waals surface area (Å²) in [7, 11) is 0. The summed E-state index contributed by atoms with van der Waals surface area (Å²) in [6.07, 6.45) is 7.30. The highest BCUT2D eigenvalue weighted by Gasteiger charge is 2.21. The third kappa shape index (κ3) is 3.76. The molecule has 4 heterocycles. The van der Waals surface area contributed by atoms with E-state index in [-0.39, 0.29) is 5.63 Å². The van der Waals surface area contributed by atoms with Gasteiger partial charge in [0.2, 0.25) is 0 Å². The Bertz CT molecular complexity index is 1310. The number of likely N-dealkylation sites (tertiary alicyclic amines) is 1. The molecular formula is C25H28N4O2. The molecule has 0 aliphatic carbocycles. The Morgan fingerprint density at radius 2 is 1.90 bits per heavy atom. The molecule has 1 aliphatic rings. The number of aromatic nitrogens is 3. The third-order valence-corrected chi connectivity index (χ3v) is 6.36. The van der Waals surface area contributed by atoms with Crippen LogP contribution in [0.25, 0.3) is 27.9 Å². The maximum Gasteiger partial charge on any atom is 0.345 e. The zero-order chi connectivity index (χ0) is 21.5. The van der Waals surface area contributed by atoms with E-state index >= 15 is 0 Å². The summed E-state index contributed by atoms with van der Waals surface area (Å²) in [5.41, 5.74) is 5.16. The van der Waals surface area contributed by atoms with E-state index < -0.39 is 0 Å². The highest BCUT2D eigenvalue weighted by Crippen LogP contribution is 2.31. The van der Waals surface area contributed by atoms with Crippen molar-refractivity contribution in [2.24, 2.45) is 0 Å². The van der Waals surface area contributed by atoms with E-state index in [4.69, 9.17) is 4.42 Å². The first kappa shape index (κ1) is 19.9. The van der Waals surface area contributed by atoms with Crippen LogP contribution in [0.5, 0.6) is 0 Å². The van der Waals surface area contributed by atoms with Gasteiger partial charge in [-0.15, -0.1) is 0 Å². The molecule has 5 rings (SSSR count). The van der Waals surface area contributed by atoms with Crippen molar-refractivity contribution in [3.63, 3.8) is 0 Å². The summed E-state index contributed by atoms with van der Waals surface area (Å²) in [5.74, 6) is 0.527. The Balaban J connectivity index is 1.47. The topological polar surface area (TPSA) is 63.6 Å². The van der Waals surface area contributed by atoms with Gasteiger partial charge in [0, 0.05) is 17.8 Å². The number of aryl methyl sites for hydroxylation is 2. The predicted molar refractivity (Wildman–Crippen MR) is 123 cm³/mol. The normalized spacial score (nSPS) is 15.8. The van der Waals surface area contributed by atoms with Crippen LogP contribution in [0.15, 0.2) is 45.9 Å². The Labute approximate surface area is 181 Å². The number of piperidine rings is 1. The van der Waals surface area contributed by atoms with Gasteiger partial charge in [-0.1, -0.05) is 19.1 Å². The SMILES string of the molecule is CCCN1CCC(c2ccc3cc(-c4cn5cc(C)nc(C)c5n4)c(=O)oc3c2)CC1. The summed E-state index contributed by atoms with van der Waals surface area (Å²) in [6.45, 7) is 9.57. The van der Waals surface area contributed by atoms with E-state index in [0.717, 1.165) is 48.4 Å². The van der Waals surface area contributed by atoms with Crippen LogP contribution in [-0.4, -0.2) is 38.9 Å². The number of imidazole rings is 1. The molecule has 0 N–H and O–H groups in total. The van der Waals surface area contributed by atoms with E-state index in [1.165, 1.54) is 18.5 Å². The molecule has 0 saturated carbocycles. The fourth-order valence-electron chi connectivity index (χ4n) is 4.80. The number of rotatable bonds is 4. The molecule has 160 valence electrons. The summed E-state index contributed by atoms with van der Waals surface area (Å²) < 4.78 is 7.68. The van der Waals surface area contributed by atoms with Crippen LogP contribution in [-0.2, 0) is 0 Å². The first-order chi connectivity index (χ1) is 15.0. The van der Waals surface area contributed by atoms with Gasteiger partial charge in [0.05, 0.1) is 22.6 Å². The zero-order valence-electron chi connectivity index (χ0n) is 18.4. The molecule has 1 saturated heterocycles. The molecule has 1 aliphatic heterocycles. The minimum Gasteiger partial charge on any atom is -0.422 e. The van der Waals surface area contributed by atoms with Gasteiger partial charge in [-0.25, -0.2) is 9.78 Å². The third-order valence-electron chi connectivity index (χ3n) is 6.36. The summed E-state index contributed by atoms with van der Waals surface area (Å²) in [5, 5.41) is 0.921. The number of fused-ring (bicyclic) bond motifs is 2. The van der Waals surface area contributed by atoms with E-state index in [9.17, 15) is 4.79 Å². The first-order valence-corrected chi connectivity index (χ1v) is 11.2. The highest BCUT2D eigenvalue weighted by atomic mass is 16.4. The van der Waals surface area contributed by atoms with Crippen molar-refractivity contribution in [3.05, 3.63) is 64.0 Å². The van der Waals surface area contributed by atoms with Gasteiger partial charge in [-0.05, 0) is 76.4 Å². The van der Waals surface area contributed by atoms with Gasteiger partial charge in [-0.2, -0.15) is 0 Å². The van der Waals surface area contributed by atoms with Gasteiger partial charge in [0.25, 0.3) is 0 Å². The van der Waals surface area contributed by atoms with E-state index in [0.29, 0.717) is 22.8 Å². The molecule has 0 radical (unpaired) electrons. The van der Waals surface area contributed by atoms with Crippen LogP contribution in [0.4, 0.5) is 0 Å². The maximum absolute atomic E-state index is 12.8. The lowest BCUT2D eigenvalue weighted by atomic mass is 9.89. The number of hydrogen-bond acceptors (Lipinski definition) is 5. The molecule has 3 aromatic heterocycles. The maximum atomic E-state index is 12.8. The molecule has 0 spiro atoms. The van der Waals surface area contributed by atoms with Crippen molar-refractivity contribution >= 4 is 16.6 Å². The Morgan fingerprint density at radius 3 is 2.68 bits per heavy atom. The van der Waals surface area contributed by atoms with Gasteiger partial charge < -0.3 is 13.7 Å². The standard InChI is InChI=1S/C25H28N4O2/c1-4-9-28-10-7-18(8-11-28)19-5-6-20-12-21(25(30)31-23(20)13-19)22-15-29-14-16(2)26-17(3)24(29)27-22/h5-6,12-15,18H,4,7-11H2,1-3H3. The molecule has 6 nitrogen and oxygen atoms in total. The zero-order valence-corrected chi connectivity index (χ0v) is 18.4. The van der Waals surface area contributed by atoms with Gasteiger partial charge in [-0.3, -0.25) is 4.98 Å². The number of hydrogen-bond donors (Lipinski definition) is 0. The summed E-state index contributed by atoms with van der Waals surface area (Å²) in [4.78, 5) is 24.5. The average Bonchev–Trinajstić information content (AvgIpc) is 3.18. The van der Waals surface area contributed by atoms with Crippen LogP contribution in [0.2, 0.25) is 0 Å². The number of nitrogens with zero attached hydrogens (tertiary/aromatic N) is 4. The fourth-order valence-corrected chi connectivity index (χ4v) is 4.80. The molecule has 31 heavy (non-hydrogen) atoms. The first-order valence-electron chi connectivity index (χ1n) is 11.2. The molecule has 1 aromatic carbocycles. The molecule has 4 aromatic rings. The average molecular weight is 417 g/mol. The smallest absolute Gasteiger partial charge is 0.345 e. The van der Waals surface area contributed by atoms with Crippen LogP contribution >= 0.6 is 0 Å². The van der Waals surface area contributed by atoms with Crippen molar-refractivity contribution in [1.82, 2.24) is 19.3 Å². The van der Waals surface area contributed by atoms with Crippen molar-refractivity contribution in [3.8, 4) is 11.3 Å². The molecular weight excluding hydrogens is 388 g/mol. The van der Waals surface area contributed by atoms with Crippen LogP contribution in [0.1, 0.15) is 49.1 Å². The van der Waals surface area contributed by atoms with E-state index in [1.807, 2.05) is 36.7 Å². The predicted octanol–water partition coefficient (Wildman–Crippen LogP) is 4.71. The largest absolute Gasteiger partial charge is 0.422 e. The van der Waals surface area contributed by atoms with E-state index in [1.54, 1.807) is 0 Å². The monoisotopic (exact) mass is 416 g/mol. The van der Waals surface area contributed by atoms with Crippen molar-refractivity contribution in [2.45, 2.75) is 46.0 Å². The second kappa shape index (κ2) is 7.93. The van der Waals surface area contributed by atoms with Crippen LogP contribution < -0.4 is 5.63 Å². The van der Waals surface area contributed by atoms with Crippen molar-refractivity contribution in [2.75, 3.05) is 19.6 Å². The minimum atomic E-state index is -0.354. The minimum absolute atomic E-state index is 0.354.